The number of likely N-dealkylation sites (tertiary alicyclic amines) is 1. The predicted octanol–water partition coefficient (Wildman–Crippen LogP) is 0.485. The molecule has 0 aromatic rings. The van der Waals surface area contributed by atoms with Gasteiger partial charge in [-0.05, 0) is 51.2 Å². The summed E-state index contributed by atoms with van der Waals surface area (Å²) in [7, 11) is 1.96. The average molecular weight is 224 g/mol. The zero-order valence-electron chi connectivity index (χ0n) is 9.80. The Morgan fingerprint density at radius 2 is 2.00 bits per heavy atom. The van der Waals surface area contributed by atoms with Crippen molar-refractivity contribution in [3.8, 4) is 0 Å². The zero-order valence-corrected chi connectivity index (χ0v) is 9.80. The lowest BCUT2D eigenvalue weighted by atomic mass is 9.69. The number of aliphatic carboxylic acids is 1. The van der Waals surface area contributed by atoms with Gasteiger partial charge in [-0.15, -0.1) is 0 Å². The van der Waals surface area contributed by atoms with Gasteiger partial charge in [0.05, 0.1) is 0 Å². The average Bonchev–Trinajstić information content (AvgIpc) is 2.29. The maximum absolute atomic E-state index is 11.2. The van der Waals surface area contributed by atoms with Crippen LogP contribution in [0.3, 0.4) is 0 Å². The Hall–Kier alpha value is -0.610. The molecule has 4 heterocycles. The molecule has 1 N–H and O–H groups in total. The number of carboxylic acids is 1. The molecule has 2 bridgehead atoms. The van der Waals surface area contributed by atoms with Crippen LogP contribution in [0.15, 0.2) is 0 Å². The highest BCUT2D eigenvalue weighted by atomic mass is 16.4. The summed E-state index contributed by atoms with van der Waals surface area (Å²) in [6.07, 6.45) is 3.44. The molecule has 90 valence electrons. The normalized spacial score (nSPS) is 47.7. The topological polar surface area (TPSA) is 43.8 Å². The van der Waals surface area contributed by atoms with Crippen molar-refractivity contribution in [2.45, 2.75) is 31.3 Å². The molecule has 3 unspecified atom stereocenters. The van der Waals surface area contributed by atoms with Crippen LogP contribution < -0.4 is 0 Å². The fourth-order valence-electron chi connectivity index (χ4n) is 4.01. The van der Waals surface area contributed by atoms with Crippen LogP contribution in [0.5, 0.6) is 0 Å². The summed E-state index contributed by atoms with van der Waals surface area (Å²) in [6, 6.07) is 0.384. The van der Waals surface area contributed by atoms with E-state index in [1.54, 1.807) is 0 Å². The molecule has 4 heteroatoms. The molecule has 4 rings (SSSR count). The van der Waals surface area contributed by atoms with E-state index in [9.17, 15) is 9.90 Å². The van der Waals surface area contributed by atoms with Crippen LogP contribution in [0.4, 0.5) is 0 Å². The van der Waals surface area contributed by atoms with Crippen molar-refractivity contribution in [1.29, 1.82) is 0 Å². The third kappa shape index (κ3) is 1.47. The minimum atomic E-state index is -0.641. The number of carbonyl (C=O) groups is 1. The molecule has 4 fully saturated rings. The van der Waals surface area contributed by atoms with Crippen LogP contribution in [0, 0.1) is 11.8 Å². The molecule has 0 amide bonds. The van der Waals surface area contributed by atoms with Crippen LogP contribution in [0.2, 0.25) is 0 Å². The number of piperidine rings is 4. The van der Waals surface area contributed by atoms with Crippen molar-refractivity contribution in [2.75, 3.05) is 26.7 Å². The number of hydrogen-bond acceptors (Lipinski definition) is 3. The summed E-state index contributed by atoms with van der Waals surface area (Å²) in [4.78, 5) is 15.8. The Labute approximate surface area is 96.2 Å². The fourth-order valence-corrected chi connectivity index (χ4v) is 4.01. The molecule has 4 aliphatic heterocycles. The Kier molecular flexibility index (Phi) is 2.44. The van der Waals surface area contributed by atoms with E-state index in [-0.39, 0.29) is 6.04 Å². The molecule has 0 aliphatic carbocycles. The largest absolute Gasteiger partial charge is 0.480 e. The summed E-state index contributed by atoms with van der Waals surface area (Å²) in [5.41, 5.74) is 0. The molecular weight excluding hydrogens is 204 g/mol. The van der Waals surface area contributed by atoms with Gasteiger partial charge in [-0.2, -0.15) is 0 Å². The van der Waals surface area contributed by atoms with Gasteiger partial charge in [0.15, 0.2) is 0 Å². The van der Waals surface area contributed by atoms with Gasteiger partial charge in [0.2, 0.25) is 0 Å². The minimum absolute atomic E-state index is 0.248. The molecule has 0 radical (unpaired) electrons. The monoisotopic (exact) mass is 224 g/mol. The second-order valence-electron chi connectivity index (χ2n) is 5.63. The first-order valence-electron chi connectivity index (χ1n) is 6.34. The molecule has 0 aromatic carbocycles. The van der Waals surface area contributed by atoms with E-state index < -0.39 is 5.97 Å². The smallest absolute Gasteiger partial charge is 0.320 e. The Bertz CT molecular complexity index is 299. The summed E-state index contributed by atoms with van der Waals surface area (Å²) in [6.45, 7) is 3.41. The Balaban J connectivity index is 1.80. The van der Waals surface area contributed by atoms with E-state index in [0.717, 1.165) is 18.9 Å². The quantitative estimate of drug-likeness (QED) is 0.704. The molecule has 4 aliphatic rings. The van der Waals surface area contributed by atoms with Crippen molar-refractivity contribution in [1.82, 2.24) is 9.80 Å². The van der Waals surface area contributed by atoms with Crippen molar-refractivity contribution in [2.24, 2.45) is 11.8 Å². The Morgan fingerprint density at radius 1 is 1.31 bits per heavy atom. The molecule has 16 heavy (non-hydrogen) atoms. The van der Waals surface area contributed by atoms with Gasteiger partial charge in [-0.1, -0.05) is 0 Å². The number of rotatable bonds is 1. The highest BCUT2D eigenvalue weighted by Crippen LogP contribution is 2.42. The second kappa shape index (κ2) is 3.70. The maximum atomic E-state index is 11.2. The first-order valence-corrected chi connectivity index (χ1v) is 6.34. The van der Waals surface area contributed by atoms with Crippen LogP contribution in [-0.2, 0) is 4.79 Å². The first-order chi connectivity index (χ1) is 7.66. The lowest BCUT2D eigenvalue weighted by molar-refractivity contribution is -0.149. The van der Waals surface area contributed by atoms with Crippen LogP contribution in [-0.4, -0.2) is 59.6 Å². The number of hydrogen-bond donors (Lipinski definition) is 1. The van der Waals surface area contributed by atoms with E-state index >= 15 is 0 Å². The number of carboxylic acid groups (broad SMARTS) is 1. The second-order valence-corrected chi connectivity index (χ2v) is 5.63. The summed E-state index contributed by atoms with van der Waals surface area (Å²) in [5.74, 6) is 0.794. The van der Waals surface area contributed by atoms with E-state index in [2.05, 4.69) is 4.90 Å². The standard InChI is InChI=1S/C12H20N2O2/c1-13-7-11-9(6-10(13)12(15)16)8-2-4-14(11)5-3-8/h8-11H,2-7H2,1H3,(H,15,16). The van der Waals surface area contributed by atoms with E-state index in [1.807, 2.05) is 11.9 Å². The van der Waals surface area contributed by atoms with Gasteiger partial charge in [0, 0.05) is 12.6 Å². The SMILES string of the molecule is CN1CC2C(CC1C(=O)O)C1CCN2CC1. The molecule has 0 saturated carbocycles. The lowest BCUT2D eigenvalue weighted by Gasteiger charge is -2.55. The third-order valence-electron chi connectivity index (χ3n) is 4.93. The van der Waals surface area contributed by atoms with Crippen molar-refractivity contribution >= 4 is 5.97 Å². The minimum Gasteiger partial charge on any atom is -0.480 e. The number of likely N-dealkylation sites (N-methyl/N-ethyl adjacent to an activating group) is 1. The highest BCUT2D eigenvalue weighted by molar-refractivity contribution is 5.73. The van der Waals surface area contributed by atoms with Crippen molar-refractivity contribution in [3.05, 3.63) is 0 Å². The van der Waals surface area contributed by atoms with Crippen LogP contribution in [0.25, 0.3) is 0 Å². The molecule has 0 spiro atoms. The molecule has 4 nitrogen and oxygen atoms in total. The third-order valence-corrected chi connectivity index (χ3v) is 4.93. The summed E-state index contributed by atoms with van der Waals surface area (Å²) in [5, 5.41) is 9.21. The molecule has 0 aromatic heterocycles. The number of nitrogens with zero attached hydrogens (tertiary/aromatic N) is 2. The van der Waals surface area contributed by atoms with Gasteiger partial charge >= 0.3 is 5.97 Å². The van der Waals surface area contributed by atoms with Gasteiger partial charge in [-0.3, -0.25) is 14.6 Å². The summed E-state index contributed by atoms with van der Waals surface area (Å²) < 4.78 is 0. The number of fused-ring (bicyclic) bond motifs is 2. The van der Waals surface area contributed by atoms with Crippen molar-refractivity contribution < 1.29 is 9.90 Å². The zero-order chi connectivity index (χ0) is 11.3. The molecule has 3 atom stereocenters. The summed E-state index contributed by atoms with van der Waals surface area (Å²) >= 11 is 0. The maximum Gasteiger partial charge on any atom is 0.320 e. The van der Waals surface area contributed by atoms with Gasteiger partial charge in [0.25, 0.3) is 0 Å². The van der Waals surface area contributed by atoms with Crippen LogP contribution >= 0.6 is 0 Å². The molecule has 4 saturated heterocycles. The predicted molar refractivity (Wildman–Crippen MR) is 60.2 cm³/mol. The van der Waals surface area contributed by atoms with Gasteiger partial charge < -0.3 is 5.11 Å². The fraction of sp³-hybridized carbons (Fsp3) is 0.917. The first kappa shape index (κ1) is 10.5. The van der Waals surface area contributed by atoms with Gasteiger partial charge in [-0.25, -0.2) is 0 Å². The highest BCUT2D eigenvalue weighted by Gasteiger charge is 2.47. The van der Waals surface area contributed by atoms with Gasteiger partial charge in [0.1, 0.15) is 6.04 Å². The van der Waals surface area contributed by atoms with Crippen LogP contribution in [0.1, 0.15) is 19.3 Å². The molecular formula is C12H20N2O2. The van der Waals surface area contributed by atoms with E-state index in [1.165, 1.54) is 25.9 Å². The van der Waals surface area contributed by atoms with Crippen molar-refractivity contribution in [3.63, 3.8) is 0 Å². The Morgan fingerprint density at radius 3 is 2.62 bits per heavy atom. The van der Waals surface area contributed by atoms with E-state index in [4.69, 9.17) is 0 Å². The lowest BCUT2D eigenvalue weighted by Crippen LogP contribution is -2.64. The van der Waals surface area contributed by atoms with E-state index in [0.29, 0.717) is 12.0 Å².